The van der Waals surface area contributed by atoms with E-state index in [1.807, 2.05) is 0 Å². The summed E-state index contributed by atoms with van der Waals surface area (Å²) in [4.78, 5) is 2.46. The number of fused-ring (bicyclic) bond motifs is 2. The average molecular weight is 240 g/mol. The molecular formula is C16H20N2. The molecule has 94 valence electrons. The quantitative estimate of drug-likeness (QED) is 0.791. The summed E-state index contributed by atoms with van der Waals surface area (Å²) in [7, 11) is 0. The molecule has 2 heteroatoms. The SMILES string of the molecule is CC(c1ccccc1)N1CC2CCCC1(C#N)C2. The molecule has 0 radical (unpaired) electrons. The van der Waals surface area contributed by atoms with E-state index in [-0.39, 0.29) is 5.54 Å². The van der Waals surface area contributed by atoms with Crippen LogP contribution >= 0.6 is 0 Å². The summed E-state index contributed by atoms with van der Waals surface area (Å²) in [6.07, 6.45) is 4.66. The summed E-state index contributed by atoms with van der Waals surface area (Å²) in [6.45, 7) is 3.35. The lowest BCUT2D eigenvalue weighted by Gasteiger charge is -2.37. The van der Waals surface area contributed by atoms with E-state index in [9.17, 15) is 5.26 Å². The zero-order valence-electron chi connectivity index (χ0n) is 11.0. The van der Waals surface area contributed by atoms with Crippen LogP contribution in [0.3, 0.4) is 0 Å². The fourth-order valence-corrected chi connectivity index (χ4v) is 3.84. The molecule has 0 amide bonds. The molecule has 3 rings (SSSR count). The van der Waals surface area contributed by atoms with Crippen molar-refractivity contribution in [3.63, 3.8) is 0 Å². The van der Waals surface area contributed by atoms with Gasteiger partial charge in [0.05, 0.1) is 6.07 Å². The fourth-order valence-electron chi connectivity index (χ4n) is 3.84. The van der Waals surface area contributed by atoms with Gasteiger partial charge in [-0.15, -0.1) is 0 Å². The molecule has 1 aliphatic carbocycles. The Morgan fingerprint density at radius 3 is 2.89 bits per heavy atom. The standard InChI is InChI=1S/C16H20N2/c1-13(15-7-3-2-4-8-15)18-11-14-6-5-9-16(18,10-14)12-17/h2-4,7-8,13-14H,5-6,9-11H2,1H3. The number of hydrogen-bond donors (Lipinski definition) is 0. The van der Waals surface area contributed by atoms with E-state index in [2.05, 4.69) is 48.2 Å². The van der Waals surface area contributed by atoms with Gasteiger partial charge in [0, 0.05) is 12.6 Å². The fraction of sp³-hybridized carbons (Fsp3) is 0.562. The maximum atomic E-state index is 9.64. The maximum Gasteiger partial charge on any atom is 0.110 e. The number of nitrogens with zero attached hydrogens (tertiary/aromatic N) is 2. The lowest BCUT2D eigenvalue weighted by atomic mass is 9.80. The Labute approximate surface area is 109 Å². The molecule has 1 aromatic carbocycles. The predicted octanol–water partition coefficient (Wildman–Crippen LogP) is 3.52. The zero-order valence-corrected chi connectivity index (χ0v) is 11.0. The van der Waals surface area contributed by atoms with E-state index >= 15 is 0 Å². The minimum Gasteiger partial charge on any atom is -0.278 e. The number of hydrogen-bond acceptors (Lipinski definition) is 2. The van der Waals surface area contributed by atoms with E-state index in [1.54, 1.807) is 0 Å². The molecule has 2 nitrogen and oxygen atoms in total. The molecule has 2 fully saturated rings. The first-order valence-corrected chi connectivity index (χ1v) is 6.98. The molecule has 1 aromatic rings. The van der Waals surface area contributed by atoms with Crippen LogP contribution in [0.2, 0.25) is 0 Å². The molecule has 18 heavy (non-hydrogen) atoms. The first-order chi connectivity index (χ1) is 8.75. The van der Waals surface area contributed by atoms with Gasteiger partial charge in [-0.25, -0.2) is 0 Å². The van der Waals surface area contributed by atoms with Gasteiger partial charge in [0.1, 0.15) is 5.54 Å². The molecule has 3 atom stereocenters. The van der Waals surface area contributed by atoms with Gasteiger partial charge in [-0.05, 0) is 37.7 Å². The predicted molar refractivity (Wildman–Crippen MR) is 71.9 cm³/mol. The van der Waals surface area contributed by atoms with Gasteiger partial charge in [-0.3, -0.25) is 4.90 Å². The molecule has 1 saturated heterocycles. The van der Waals surface area contributed by atoms with Crippen LogP contribution in [-0.2, 0) is 0 Å². The second-order valence-electron chi connectivity index (χ2n) is 5.84. The Bertz CT molecular complexity index is 462. The average Bonchev–Trinajstić information content (AvgIpc) is 2.70. The summed E-state index contributed by atoms with van der Waals surface area (Å²) in [5, 5.41) is 9.64. The third-order valence-electron chi connectivity index (χ3n) is 4.79. The molecule has 0 aromatic heterocycles. The Morgan fingerprint density at radius 1 is 1.39 bits per heavy atom. The number of rotatable bonds is 2. The normalized spacial score (nSPS) is 33.0. The van der Waals surface area contributed by atoms with Crippen molar-refractivity contribution in [3.05, 3.63) is 35.9 Å². The van der Waals surface area contributed by atoms with Crippen LogP contribution in [-0.4, -0.2) is 17.0 Å². The number of nitriles is 1. The first-order valence-electron chi connectivity index (χ1n) is 6.98. The number of likely N-dealkylation sites (tertiary alicyclic amines) is 1. The van der Waals surface area contributed by atoms with Gasteiger partial charge >= 0.3 is 0 Å². The maximum absolute atomic E-state index is 9.64. The van der Waals surface area contributed by atoms with E-state index in [0.717, 1.165) is 25.3 Å². The molecular weight excluding hydrogens is 220 g/mol. The lowest BCUT2D eigenvalue weighted by molar-refractivity contribution is 0.131. The Morgan fingerprint density at radius 2 is 2.17 bits per heavy atom. The molecule has 1 heterocycles. The Kier molecular flexibility index (Phi) is 2.87. The monoisotopic (exact) mass is 240 g/mol. The van der Waals surface area contributed by atoms with Crippen molar-refractivity contribution in [2.45, 2.75) is 44.2 Å². The van der Waals surface area contributed by atoms with Crippen LogP contribution in [0.1, 0.15) is 44.2 Å². The minimum atomic E-state index is -0.182. The molecule has 3 unspecified atom stereocenters. The third-order valence-corrected chi connectivity index (χ3v) is 4.79. The largest absolute Gasteiger partial charge is 0.278 e. The van der Waals surface area contributed by atoms with Crippen molar-refractivity contribution in [3.8, 4) is 6.07 Å². The second-order valence-corrected chi connectivity index (χ2v) is 5.84. The summed E-state index contributed by atoms with van der Waals surface area (Å²) in [5.74, 6) is 0.740. The van der Waals surface area contributed by atoms with Crippen molar-refractivity contribution in [2.24, 2.45) is 5.92 Å². The highest BCUT2D eigenvalue weighted by Crippen LogP contribution is 2.47. The van der Waals surface area contributed by atoms with Crippen LogP contribution in [0.4, 0.5) is 0 Å². The van der Waals surface area contributed by atoms with Crippen LogP contribution in [0.25, 0.3) is 0 Å². The Balaban J connectivity index is 1.90. The third kappa shape index (κ3) is 1.74. The van der Waals surface area contributed by atoms with Gasteiger partial charge in [-0.2, -0.15) is 5.26 Å². The van der Waals surface area contributed by atoms with E-state index in [0.29, 0.717) is 6.04 Å². The summed E-state index contributed by atoms with van der Waals surface area (Å²) in [5.41, 5.74) is 1.15. The molecule has 0 spiro atoms. The molecule has 1 aliphatic heterocycles. The van der Waals surface area contributed by atoms with Crippen molar-refractivity contribution >= 4 is 0 Å². The van der Waals surface area contributed by atoms with Gasteiger partial charge in [0.2, 0.25) is 0 Å². The smallest absolute Gasteiger partial charge is 0.110 e. The van der Waals surface area contributed by atoms with Gasteiger partial charge in [0.25, 0.3) is 0 Å². The number of benzene rings is 1. The van der Waals surface area contributed by atoms with E-state index < -0.39 is 0 Å². The zero-order chi connectivity index (χ0) is 12.6. The van der Waals surface area contributed by atoms with Crippen LogP contribution in [0, 0.1) is 17.2 Å². The van der Waals surface area contributed by atoms with Crippen molar-refractivity contribution < 1.29 is 0 Å². The second kappa shape index (κ2) is 4.40. The topological polar surface area (TPSA) is 27.0 Å². The van der Waals surface area contributed by atoms with Gasteiger partial charge in [-0.1, -0.05) is 36.8 Å². The summed E-state index contributed by atoms with van der Waals surface area (Å²) >= 11 is 0. The first kappa shape index (κ1) is 11.7. The minimum absolute atomic E-state index is 0.182. The highest BCUT2D eigenvalue weighted by molar-refractivity contribution is 5.23. The highest BCUT2D eigenvalue weighted by atomic mass is 15.3. The van der Waals surface area contributed by atoms with Crippen LogP contribution < -0.4 is 0 Å². The molecule has 0 N–H and O–H groups in total. The van der Waals surface area contributed by atoms with E-state index in [4.69, 9.17) is 0 Å². The van der Waals surface area contributed by atoms with Crippen LogP contribution in [0.15, 0.2) is 30.3 Å². The molecule has 2 bridgehead atoms. The summed E-state index contributed by atoms with van der Waals surface area (Å²) < 4.78 is 0. The lowest BCUT2D eigenvalue weighted by Crippen LogP contribution is -2.43. The summed E-state index contributed by atoms with van der Waals surface area (Å²) in [6, 6.07) is 13.6. The molecule has 1 saturated carbocycles. The van der Waals surface area contributed by atoms with Crippen LogP contribution in [0.5, 0.6) is 0 Å². The Hall–Kier alpha value is -1.33. The highest BCUT2D eigenvalue weighted by Gasteiger charge is 2.49. The van der Waals surface area contributed by atoms with Gasteiger partial charge in [0.15, 0.2) is 0 Å². The van der Waals surface area contributed by atoms with Crippen molar-refractivity contribution in [1.82, 2.24) is 4.90 Å². The van der Waals surface area contributed by atoms with Gasteiger partial charge < -0.3 is 0 Å². The molecule has 2 aliphatic rings. The van der Waals surface area contributed by atoms with Crippen molar-refractivity contribution in [2.75, 3.05) is 6.54 Å². The van der Waals surface area contributed by atoms with E-state index in [1.165, 1.54) is 18.4 Å². The van der Waals surface area contributed by atoms with Crippen molar-refractivity contribution in [1.29, 1.82) is 5.26 Å².